The molecule has 0 saturated carbocycles. The molecule has 1 amide bonds. The molecule has 0 aliphatic carbocycles. The molecule has 0 atom stereocenters. The van der Waals surface area contributed by atoms with Crippen molar-refractivity contribution in [1.82, 2.24) is 5.43 Å². The van der Waals surface area contributed by atoms with Crippen LogP contribution in [-0.2, 0) is 0 Å². The molecule has 130 valence electrons. The highest BCUT2D eigenvalue weighted by molar-refractivity contribution is 9.10. The van der Waals surface area contributed by atoms with Crippen LogP contribution >= 0.6 is 27.7 Å². The fourth-order valence-electron chi connectivity index (χ4n) is 1.87. The first-order valence-electron chi connectivity index (χ1n) is 7.12. The molecule has 0 aliphatic rings. The van der Waals surface area contributed by atoms with E-state index in [4.69, 9.17) is 5.11 Å². The smallest absolute Gasteiger partial charge is 0.283 e. The number of carbonyl (C=O) groups excluding carboxylic acids is 1. The van der Waals surface area contributed by atoms with E-state index < -0.39 is 4.92 Å². The molecule has 0 radical (unpaired) electrons. The number of thioether (sulfide) groups is 1. The largest absolute Gasteiger partial charge is 0.396 e. The zero-order chi connectivity index (χ0) is 18.2. The molecular formula is C16H14BrN3O4S. The lowest BCUT2D eigenvalue weighted by atomic mass is 10.2. The summed E-state index contributed by atoms with van der Waals surface area (Å²) in [6.45, 7) is -0.0624. The molecule has 0 saturated heterocycles. The summed E-state index contributed by atoms with van der Waals surface area (Å²) in [4.78, 5) is 23.0. The Hall–Kier alpha value is -2.23. The van der Waals surface area contributed by atoms with Crippen LogP contribution in [-0.4, -0.2) is 34.5 Å². The minimum atomic E-state index is -0.489. The second-order valence-electron chi connectivity index (χ2n) is 4.76. The number of nitro groups is 1. The van der Waals surface area contributed by atoms with Gasteiger partial charge in [0.05, 0.1) is 22.6 Å². The van der Waals surface area contributed by atoms with Crippen molar-refractivity contribution in [3.05, 3.63) is 68.2 Å². The molecule has 0 fully saturated rings. The SMILES string of the molecule is O=C(NN=Cc1ccc(SCCO)c([N+](=O)[O-])c1)c1ccc(Br)cc1. The number of nitrogens with one attached hydrogen (secondary N) is 1. The number of nitrogens with zero attached hydrogens (tertiary/aromatic N) is 2. The Morgan fingerprint density at radius 3 is 2.68 bits per heavy atom. The Morgan fingerprint density at radius 1 is 1.32 bits per heavy atom. The van der Waals surface area contributed by atoms with Crippen LogP contribution in [0.4, 0.5) is 5.69 Å². The number of hydrogen-bond acceptors (Lipinski definition) is 6. The molecule has 0 aromatic heterocycles. The van der Waals surface area contributed by atoms with E-state index >= 15 is 0 Å². The highest BCUT2D eigenvalue weighted by Crippen LogP contribution is 2.29. The molecule has 2 N–H and O–H groups in total. The number of rotatable bonds is 7. The molecular weight excluding hydrogens is 410 g/mol. The summed E-state index contributed by atoms with van der Waals surface area (Å²) in [5.74, 6) is -0.00859. The van der Waals surface area contributed by atoms with Gasteiger partial charge in [0.25, 0.3) is 11.6 Å². The first-order valence-corrected chi connectivity index (χ1v) is 8.90. The van der Waals surface area contributed by atoms with E-state index in [1.54, 1.807) is 36.4 Å². The average molecular weight is 424 g/mol. The summed E-state index contributed by atoms with van der Waals surface area (Å²) < 4.78 is 0.860. The molecule has 0 aliphatic heterocycles. The number of nitro benzene ring substituents is 1. The zero-order valence-corrected chi connectivity index (χ0v) is 15.3. The van der Waals surface area contributed by atoms with Crippen molar-refractivity contribution in [3.63, 3.8) is 0 Å². The molecule has 0 bridgehead atoms. The van der Waals surface area contributed by atoms with Crippen LogP contribution in [0.2, 0.25) is 0 Å². The van der Waals surface area contributed by atoms with Gasteiger partial charge in [-0.25, -0.2) is 5.43 Å². The van der Waals surface area contributed by atoms with Crippen molar-refractivity contribution in [1.29, 1.82) is 0 Å². The number of carbonyl (C=O) groups is 1. The van der Waals surface area contributed by atoms with Crippen LogP contribution in [0, 0.1) is 10.1 Å². The molecule has 0 heterocycles. The van der Waals surface area contributed by atoms with Crippen molar-refractivity contribution in [2.45, 2.75) is 4.90 Å². The number of benzene rings is 2. The fraction of sp³-hybridized carbons (Fsp3) is 0.125. The van der Waals surface area contributed by atoms with E-state index in [9.17, 15) is 14.9 Å². The molecule has 0 unspecified atom stereocenters. The minimum Gasteiger partial charge on any atom is -0.396 e. The molecule has 7 nitrogen and oxygen atoms in total. The van der Waals surface area contributed by atoms with Crippen molar-refractivity contribution in [2.24, 2.45) is 5.10 Å². The van der Waals surface area contributed by atoms with Crippen LogP contribution < -0.4 is 5.43 Å². The van der Waals surface area contributed by atoms with Gasteiger partial charge in [0.15, 0.2) is 0 Å². The number of halogens is 1. The lowest BCUT2D eigenvalue weighted by molar-refractivity contribution is -0.387. The summed E-state index contributed by atoms with van der Waals surface area (Å²) in [7, 11) is 0. The lowest BCUT2D eigenvalue weighted by Crippen LogP contribution is -2.17. The molecule has 2 aromatic rings. The Labute approximate surface area is 156 Å². The van der Waals surface area contributed by atoms with E-state index in [2.05, 4.69) is 26.5 Å². The van der Waals surface area contributed by atoms with Gasteiger partial charge in [-0.3, -0.25) is 14.9 Å². The first-order chi connectivity index (χ1) is 12.0. The number of aliphatic hydroxyl groups is 1. The van der Waals surface area contributed by atoms with Gasteiger partial charge < -0.3 is 5.11 Å². The molecule has 9 heteroatoms. The van der Waals surface area contributed by atoms with Gasteiger partial charge in [0, 0.05) is 27.4 Å². The predicted octanol–water partition coefficient (Wildman–Crippen LogP) is 3.21. The van der Waals surface area contributed by atoms with E-state index in [-0.39, 0.29) is 18.2 Å². The van der Waals surface area contributed by atoms with Crippen LogP contribution in [0.5, 0.6) is 0 Å². The zero-order valence-electron chi connectivity index (χ0n) is 12.9. The number of aliphatic hydroxyl groups excluding tert-OH is 1. The van der Waals surface area contributed by atoms with Crippen LogP contribution in [0.15, 0.2) is 56.9 Å². The van der Waals surface area contributed by atoms with Crippen LogP contribution in [0.1, 0.15) is 15.9 Å². The Morgan fingerprint density at radius 2 is 2.04 bits per heavy atom. The van der Waals surface area contributed by atoms with Crippen molar-refractivity contribution in [3.8, 4) is 0 Å². The quantitative estimate of drug-likeness (QED) is 0.307. The van der Waals surface area contributed by atoms with Crippen LogP contribution in [0.25, 0.3) is 0 Å². The summed E-state index contributed by atoms with van der Waals surface area (Å²) in [6.07, 6.45) is 1.34. The summed E-state index contributed by atoms with van der Waals surface area (Å²) in [5.41, 5.74) is 3.23. The maximum atomic E-state index is 11.9. The van der Waals surface area contributed by atoms with E-state index in [1.807, 2.05) is 0 Å². The fourth-order valence-corrected chi connectivity index (χ4v) is 2.89. The third-order valence-electron chi connectivity index (χ3n) is 3.01. The summed E-state index contributed by atoms with van der Waals surface area (Å²) in [5, 5.41) is 23.8. The van der Waals surface area contributed by atoms with Crippen molar-refractivity contribution >= 4 is 45.5 Å². The van der Waals surface area contributed by atoms with Gasteiger partial charge in [-0.05, 0) is 30.3 Å². The van der Waals surface area contributed by atoms with E-state index in [1.165, 1.54) is 24.0 Å². The lowest BCUT2D eigenvalue weighted by Gasteiger charge is -2.03. The standard InChI is InChI=1S/C16H14BrN3O4S/c17-13-4-2-12(3-5-13)16(22)19-18-10-11-1-6-15(25-8-7-21)14(9-11)20(23)24/h1-6,9-10,21H,7-8H2,(H,19,22). The molecule has 2 aromatic carbocycles. The van der Waals surface area contributed by atoms with E-state index in [0.29, 0.717) is 21.8 Å². The Bertz CT molecular complexity index is 796. The Kier molecular flexibility index (Phi) is 7.11. The first kappa shape index (κ1) is 19.1. The highest BCUT2D eigenvalue weighted by Gasteiger charge is 2.14. The maximum absolute atomic E-state index is 11.9. The van der Waals surface area contributed by atoms with Gasteiger partial charge in [0.2, 0.25) is 0 Å². The molecule has 2 rings (SSSR count). The minimum absolute atomic E-state index is 0.0624. The highest BCUT2D eigenvalue weighted by atomic mass is 79.9. The van der Waals surface area contributed by atoms with Gasteiger partial charge >= 0.3 is 0 Å². The molecule has 25 heavy (non-hydrogen) atoms. The topological polar surface area (TPSA) is 105 Å². The Balaban J connectivity index is 2.07. The van der Waals surface area contributed by atoms with Gasteiger partial charge in [-0.2, -0.15) is 5.10 Å². The third-order valence-corrected chi connectivity index (χ3v) is 4.59. The summed E-state index contributed by atoms with van der Waals surface area (Å²) in [6, 6.07) is 11.4. The summed E-state index contributed by atoms with van der Waals surface area (Å²) >= 11 is 4.49. The van der Waals surface area contributed by atoms with Gasteiger partial charge in [0.1, 0.15) is 0 Å². The average Bonchev–Trinajstić information content (AvgIpc) is 2.60. The number of hydrazone groups is 1. The number of amides is 1. The van der Waals surface area contributed by atoms with Crippen LogP contribution in [0.3, 0.4) is 0 Å². The van der Waals surface area contributed by atoms with Crippen molar-refractivity contribution in [2.75, 3.05) is 12.4 Å². The normalized spacial score (nSPS) is 10.8. The van der Waals surface area contributed by atoms with Gasteiger partial charge in [-0.1, -0.05) is 22.0 Å². The molecule has 0 spiro atoms. The van der Waals surface area contributed by atoms with Gasteiger partial charge in [-0.15, -0.1) is 11.8 Å². The predicted molar refractivity (Wildman–Crippen MR) is 100 cm³/mol. The third kappa shape index (κ3) is 5.66. The van der Waals surface area contributed by atoms with E-state index in [0.717, 1.165) is 4.47 Å². The second kappa shape index (κ2) is 9.30. The maximum Gasteiger partial charge on any atom is 0.283 e. The number of hydrogen-bond donors (Lipinski definition) is 2. The van der Waals surface area contributed by atoms with Crippen molar-refractivity contribution < 1.29 is 14.8 Å². The monoisotopic (exact) mass is 423 g/mol. The second-order valence-corrected chi connectivity index (χ2v) is 6.81.